The van der Waals surface area contributed by atoms with E-state index < -0.39 is 6.10 Å². The number of ether oxygens (including phenoxy) is 3. The van der Waals surface area contributed by atoms with Gasteiger partial charge in [-0.15, -0.1) is 0 Å². The van der Waals surface area contributed by atoms with E-state index in [2.05, 4.69) is 118 Å². The number of hydrogen-bond donors (Lipinski definition) is 0. The second-order valence-corrected chi connectivity index (χ2v) is 18.8. The van der Waals surface area contributed by atoms with Crippen LogP contribution in [0, 0.1) is 0 Å². The van der Waals surface area contributed by atoms with Gasteiger partial charge in [0.2, 0.25) is 0 Å². The molecule has 0 unspecified atom stereocenters. The van der Waals surface area contributed by atoms with Crippen molar-refractivity contribution in [3.05, 3.63) is 97.2 Å². The molecule has 0 bridgehead atoms. The number of hydrogen-bond acceptors (Lipinski definition) is 6. The Hall–Kier alpha value is -3.67. The van der Waals surface area contributed by atoms with Crippen LogP contribution in [-0.4, -0.2) is 37.2 Å². The van der Waals surface area contributed by atoms with Crippen LogP contribution in [0.3, 0.4) is 0 Å². The quantitative estimate of drug-likeness (QED) is 0.0262. The number of unbranched alkanes of at least 4 members (excludes halogenated alkanes) is 24. The molecule has 394 valence electrons. The molecule has 0 saturated carbocycles. The van der Waals surface area contributed by atoms with Gasteiger partial charge in [0, 0.05) is 19.3 Å². The summed E-state index contributed by atoms with van der Waals surface area (Å²) in [5, 5.41) is 0. The van der Waals surface area contributed by atoms with Crippen molar-refractivity contribution < 1.29 is 28.6 Å². The first-order valence-electron chi connectivity index (χ1n) is 28.7. The molecule has 0 amide bonds. The Labute approximate surface area is 426 Å². The van der Waals surface area contributed by atoms with Crippen LogP contribution >= 0.6 is 0 Å². The van der Waals surface area contributed by atoms with E-state index in [1.807, 2.05) is 0 Å². The van der Waals surface area contributed by atoms with Crippen molar-refractivity contribution in [2.24, 2.45) is 0 Å². The normalized spacial score (nSPS) is 12.8. The summed E-state index contributed by atoms with van der Waals surface area (Å²) in [6, 6.07) is 0. The molecule has 6 heteroatoms. The third kappa shape index (κ3) is 55.1. The first-order valence-corrected chi connectivity index (χ1v) is 28.7. The number of rotatable bonds is 51. The molecule has 0 saturated heterocycles. The minimum absolute atomic E-state index is 0.0998. The number of allylic oxidation sites excluding steroid dienone is 16. The molecule has 0 aromatic rings. The summed E-state index contributed by atoms with van der Waals surface area (Å²) < 4.78 is 16.8. The van der Waals surface area contributed by atoms with E-state index in [0.29, 0.717) is 12.8 Å². The molecule has 0 radical (unpaired) electrons. The summed E-state index contributed by atoms with van der Waals surface area (Å²) in [6.45, 7) is 6.53. The fraction of sp³-hybridized carbons (Fsp3) is 0.698. The molecule has 1 atom stereocenters. The molecule has 0 rings (SSSR count). The number of esters is 3. The Morgan fingerprint density at radius 1 is 0.290 bits per heavy atom. The average molecular weight is 960 g/mol. The highest BCUT2D eigenvalue weighted by Gasteiger charge is 2.19. The summed E-state index contributed by atoms with van der Waals surface area (Å²) in [5.41, 5.74) is 0. The van der Waals surface area contributed by atoms with Crippen molar-refractivity contribution in [2.75, 3.05) is 13.2 Å². The third-order valence-corrected chi connectivity index (χ3v) is 12.1. The number of carbonyl (C=O) groups is 3. The standard InChI is InChI=1S/C63H106O6/c1-4-7-10-13-16-19-22-25-27-29-31-33-35-38-41-44-47-50-53-56-62(65)68-59-60(58-67-61(64)55-52-49-46-43-40-37-24-21-18-15-12-9-6-3)69-63(66)57-54-51-48-45-42-39-36-34-32-30-28-26-23-20-17-14-11-8-5-2/h16-17,19-20,25-28,31-34,38-39,41-42,60H,4-15,18,21-24,29-30,35-37,40,43-59H2,1-3H3/b19-16+,20-17+,27-25+,28-26+,33-31+,34-32+,41-38+,42-39+/t60-/m1/s1. The molecule has 0 heterocycles. The van der Waals surface area contributed by atoms with Crippen molar-refractivity contribution in [1.82, 2.24) is 0 Å². The van der Waals surface area contributed by atoms with E-state index >= 15 is 0 Å². The maximum Gasteiger partial charge on any atom is 0.306 e. The highest BCUT2D eigenvalue weighted by Crippen LogP contribution is 2.14. The molecule has 0 aliphatic heterocycles. The lowest BCUT2D eigenvalue weighted by Gasteiger charge is -2.18. The summed E-state index contributed by atoms with van der Waals surface area (Å²) >= 11 is 0. The van der Waals surface area contributed by atoms with Gasteiger partial charge in [-0.2, -0.15) is 0 Å². The Kier molecular flexibility index (Phi) is 53.9. The van der Waals surface area contributed by atoms with Crippen LogP contribution in [0.15, 0.2) is 97.2 Å². The summed E-state index contributed by atoms with van der Waals surface area (Å²) in [5.74, 6) is -0.960. The second-order valence-electron chi connectivity index (χ2n) is 18.8. The van der Waals surface area contributed by atoms with Crippen LogP contribution in [0.1, 0.15) is 265 Å². The molecule has 0 spiro atoms. The summed E-state index contributed by atoms with van der Waals surface area (Å²) in [4.78, 5) is 38.1. The lowest BCUT2D eigenvalue weighted by atomic mass is 10.0. The summed E-state index contributed by atoms with van der Waals surface area (Å²) in [6.07, 6.45) is 75.3. The highest BCUT2D eigenvalue weighted by molar-refractivity contribution is 5.71. The van der Waals surface area contributed by atoms with Gasteiger partial charge in [0.05, 0.1) is 0 Å². The smallest absolute Gasteiger partial charge is 0.306 e. The fourth-order valence-corrected chi connectivity index (χ4v) is 7.70. The van der Waals surface area contributed by atoms with Crippen molar-refractivity contribution in [3.8, 4) is 0 Å². The molecule has 0 fully saturated rings. The Bertz CT molecular complexity index is 1380. The molecule has 0 aromatic heterocycles. The van der Waals surface area contributed by atoms with Gasteiger partial charge in [-0.1, -0.05) is 234 Å². The predicted molar refractivity (Wildman–Crippen MR) is 297 cm³/mol. The van der Waals surface area contributed by atoms with E-state index in [1.54, 1.807) is 0 Å². The maximum absolute atomic E-state index is 12.8. The van der Waals surface area contributed by atoms with Crippen LogP contribution in [0.5, 0.6) is 0 Å². The van der Waals surface area contributed by atoms with Gasteiger partial charge < -0.3 is 14.2 Å². The van der Waals surface area contributed by atoms with E-state index in [1.165, 1.54) is 116 Å². The van der Waals surface area contributed by atoms with Gasteiger partial charge in [0.25, 0.3) is 0 Å². The highest BCUT2D eigenvalue weighted by atomic mass is 16.6. The second kappa shape index (κ2) is 56.9. The van der Waals surface area contributed by atoms with E-state index in [-0.39, 0.29) is 37.5 Å². The van der Waals surface area contributed by atoms with Gasteiger partial charge in [-0.05, 0) is 109 Å². The molecule has 0 aliphatic rings. The van der Waals surface area contributed by atoms with Gasteiger partial charge in [-0.3, -0.25) is 14.4 Å². The number of carbonyl (C=O) groups excluding carboxylic acids is 3. The van der Waals surface area contributed by atoms with Crippen LogP contribution in [-0.2, 0) is 28.6 Å². The van der Waals surface area contributed by atoms with E-state index in [0.717, 1.165) is 109 Å². The fourth-order valence-electron chi connectivity index (χ4n) is 7.70. The van der Waals surface area contributed by atoms with Gasteiger partial charge in [-0.25, -0.2) is 0 Å². The molecule has 69 heavy (non-hydrogen) atoms. The molecular weight excluding hydrogens is 853 g/mol. The Morgan fingerprint density at radius 2 is 0.522 bits per heavy atom. The maximum atomic E-state index is 12.8. The zero-order valence-corrected chi connectivity index (χ0v) is 45.0. The summed E-state index contributed by atoms with van der Waals surface area (Å²) in [7, 11) is 0. The molecule has 0 N–H and O–H groups in total. The monoisotopic (exact) mass is 959 g/mol. The van der Waals surface area contributed by atoms with Crippen LogP contribution in [0.25, 0.3) is 0 Å². The topological polar surface area (TPSA) is 78.9 Å². The molecule has 6 nitrogen and oxygen atoms in total. The van der Waals surface area contributed by atoms with Crippen LogP contribution in [0.4, 0.5) is 0 Å². The van der Waals surface area contributed by atoms with Gasteiger partial charge >= 0.3 is 17.9 Å². The van der Waals surface area contributed by atoms with Crippen LogP contribution in [0.2, 0.25) is 0 Å². The molecule has 0 aromatic carbocycles. The van der Waals surface area contributed by atoms with Crippen molar-refractivity contribution >= 4 is 17.9 Å². The van der Waals surface area contributed by atoms with Gasteiger partial charge in [0.15, 0.2) is 6.10 Å². The molecular formula is C63H106O6. The predicted octanol–water partition coefficient (Wildman–Crippen LogP) is 19.3. The average Bonchev–Trinajstić information content (AvgIpc) is 3.35. The zero-order chi connectivity index (χ0) is 50.0. The Morgan fingerprint density at radius 3 is 0.841 bits per heavy atom. The lowest BCUT2D eigenvalue weighted by Crippen LogP contribution is -2.30. The Balaban J connectivity index is 4.50. The third-order valence-electron chi connectivity index (χ3n) is 12.1. The first kappa shape index (κ1) is 65.3. The van der Waals surface area contributed by atoms with Crippen LogP contribution < -0.4 is 0 Å². The molecule has 0 aliphatic carbocycles. The lowest BCUT2D eigenvalue weighted by molar-refractivity contribution is -0.167. The first-order chi connectivity index (χ1) is 34.0. The van der Waals surface area contributed by atoms with E-state index in [4.69, 9.17) is 14.2 Å². The van der Waals surface area contributed by atoms with Crippen molar-refractivity contribution in [3.63, 3.8) is 0 Å². The van der Waals surface area contributed by atoms with Gasteiger partial charge in [0.1, 0.15) is 13.2 Å². The van der Waals surface area contributed by atoms with E-state index in [9.17, 15) is 14.4 Å². The largest absolute Gasteiger partial charge is 0.462 e. The minimum atomic E-state index is -0.807. The zero-order valence-electron chi connectivity index (χ0n) is 45.0. The SMILES string of the molecule is CCCCC/C=C/C/C=C/C/C=C/C/C=C/CCCCCC(=O)OC[C@@H](COC(=O)CCCCCCCCCCCCCCC)OC(=O)CCCCC/C=C/C/C=C/C/C=C/C/C=C/CCCCC. The van der Waals surface area contributed by atoms with Crippen molar-refractivity contribution in [1.29, 1.82) is 0 Å². The van der Waals surface area contributed by atoms with Crippen molar-refractivity contribution in [2.45, 2.75) is 271 Å². The minimum Gasteiger partial charge on any atom is -0.462 e.